The zero-order valence-electron chi connectivity index (χ0n) is 20.7. The minimum absolute atomic E-state index is 0.113. The van der Waals surface area contributed by atoms with Gasteiger partial charge in [-0.05, 0) is 60.4 Å². The lowest BCUT2D eigenvalue weighted by atomic mass is 9.94. The fourth-order valence-electron chi connectivity index (χ4n) is 4.64. The van der Waals surface area contributed by atoms with Crippen molar-refractivity contribution in [3.05, 3.63) is 101 Å². The van der Waals surface area contributed by atoms with Crippen molar-refractivity contribution in [1.29, 1.82) is 0 Å². The molecule has 4 rings (SSSR count). The topological polar surface area (TPSA) is 58.6 Å². The first-order valence-electron chi connectivity index (χ1n) is 12.7. The Bertz CT molecular complexity index is 1150. The highest BCUT2D eigenvalue weighted by molar-refractivity contribution is 6.30. The van der Waals surface area contributed by atoms with Crippen LogP contribution in [0, 0.1) is 5.82 Å². The minimum Gasteiger partial charge on any atom is -0.484 e. The van der Waals surface area contributed by atoms with Gasteiger partial charge in [0, 0.05) is 24.0 Å². The molecule has 2 amide bonds. The summed E-state index contributed by atoms with van der Waals surface area (Å²) >= 11 is 6.08. The lowest BCUT2D eigenvalue weighted by Crippen LogP contribution is -2.53. The van der Waals surface area contributed by atoms with Crippen molar-refractivity contribution in [3.8, 4) is 5.75 Å². The van der Waals surface area contributed by atoms with Gasteiger partial charge in [-0.1, -0.05) is 73.3 Å². The summed E-state index contributed by atoms with van der Waals surface area (Å²) in [6, 6.07) is 21.8. The third-order valence-corrected chi connectivity index (χ3v) is 6.92. The first kappa shape index (κ1) is 26.7. The molecule has 1 N–H and O–H groups in total. The summed E-state index contributed by atoms with van der Waals surface area (Å²) < 4.78 is 19.0. The summed E-state index contributed by atoms with van der Waals surface area (Å²) in [4.78, 5) is 28.9. The smallest absolute Gasteiger partial charge is 0.261 e. The third-order valence-electron chi connectivity index (χ3n) is 6.66. The Balaban J connectivity index is 1.59. The van der Waals surface area contributed by atoms with Crippen molar-refractivity contribution < 1.29 is 18.7 Å². The maximum absolute atomic E-state index is 13.7. The van der Waals surface area contributed by atoms with Crippen LogP contribution in [0.1, 0.15) is 43.2 Å². The van der Waals surface area contributed by atoms with Crippen LogP contribution in [0.4, 0.5) is 4.39 Å². The highest BCUT2D eigenvalue weighted by atomic mass is 35.5. The number of carbonyl (C=O) groups excluding carboxylic acids is 2. The van der Waals surface area contributed by atoms with Crippen LogP contribution in [0.3, 0.4) is 0 Å². The van der Waals surface area contributed by atoms with Gasteiger partial charge in [0.05, 0.1) is 0 Å². The molecule has 1 saturated carbocycles. The summed E-state index contributed by atoms with van der Waals surface area (Å²) in [5.74, 6) is -0.503. The molecule has 0 aromatic heterocycles. The van der Waals surface area contributed by atoms with E-state index in [1.807, 2.05) is 42.5 Å². The maximum Gasteiger partial charge on any atom is 0.261 e. The molecule has 0 heterocycles. The molecule has 1 aliphatic carbocycles. The predicted molar refractivity (Wildman–Crippen MR) is 143 cm³/mol. The molecule has 3 aromatic rings. The summed E-state index contributed by atoms with van der Waals surface area (Å²) in [6.45, 7) is -0.0560. The van der Waals surface area contributed by atoms with E-state index >= 15 is 0 Å². The standard InChI is InChI=1S/C30H32ClFN2O3/c31-24-13-11-23(12-14-24)20-34(29(35)21-37-27-17-15-25(32)16-18-27)28(19-22-7-3-1-4-8-22)30(36)33-26-9-5-2-6-10-26/h1,3-4,7-8,11-18,26,28H,2,5-6,9-10,19-21H2,(H,33,36)/t28-/m1/s1. The van der Waals surface area contributed by atoms with Gasteiger partial charge in [0.2, 0.25) is 5.91 Å². The molecule has 0 radical (unpaired) electrons. The fraction of sp³-hybridized carbons (Fsp3) is 0.333. The molecule has 7 heteroatoms. The molecule has 0 bridgehead atoms. The molecule has 5 nitrogen and oxygen atoms in total. The number of ether oxygens (including phenoxy) is 1. The van der Waals surface area contributed by atoms with Crippen LogP contribution in [0.2, 0.25) is 5.02 Å². The van der Waals surface area contributed by atoms with Crippen LogP contribution >= 0.6 is 11.6 Å². The predicted octanol–water partition coefficient (Wildman–Crippen LogP) is 5.95. The van der Waals surface area contributed by atoms with E-state index in [-0.39, 0.29) is 36.8 Å². The lowest BCUT2D eigenvalue weighted by molar-refractivity contribution is -0.143. The Hall–Kier alpha value is -3.38. The van der Waals surface area contributed by atoms with Crippen LogP contribution in [-0.4, -0.2) is 35.4 Å². The number of benzene rings is 3. The molecular weight excluding hydrogens is 491 g/mol. The Morgan fingerprint density at radius 3 is 2.27 bits per heavy atom. The van der Waals surface area contributed by atoms with Crippen molar-refractivity contribution in [1.82, 2.24) is 10.2 Å². The average Bonchev–Trinajstić information content (AvgIpc) is 2.92. The molecule has 0 aliphatic heterocycles. The fourth-order valence-corrected chi connectivity index (χ4v) is 4.77. The van der Waals surface area contributed by atoms with Gasteiger partial charge in [0.1, 0.15) is 17.6 Å². The highest BCUT2D eigenvalue weighted by Crippen LogP contribution is 2.21. The van der Waals surface area contributed by atoms with Crippen LogP contribution in [0.25, 0.3) is 0 Å². The molecule has 1 atom stereocenters. The Morgan fingerprint density at radius 2 is 1.59 bits per heavy atom. The first-order chi connectivity index (χ1) is 18.0. The van der Waals surface area contributed by atoms with Gasteiger partial charge in [-0.15, -0.1) is 0 Å². The summed E-state index contributed by atoms with van der Waals surface area (Å²) in [5, 5.41) is 3.81. The Kier molecular flexibility index (Phi) is 9.55. The molecule has 0 unspecified atom stereocenters. The largest absolute Gasteiger partial charge is 0.484 e. The van der Waals surface area contributed by atoms with Gasteiger partial charge in [0.15, 0.2) is 6.61 Å². The van der Waals surface area contributed by atoms with E-state index in [4.69, 9.17) is 16.3 Å². The Morgan fingerprint density at radius 1 is 0.919 bits per heavy atom. The van der Waals surface area contributed by atoms with E-state index in [1.165, 1.54) is 30.7 Å². The van der Waals surface area contributed by atoms with E-state index in [1.54, 1.807) is 17.0 Å². The highest BCUT2D eigenvalue weighted by Gasteiger charge is 2.32. The SMILES string of the molecule is O=C(NC1CCCCC1)[C@@H](Cc1ccccc1)N(Cc1ccc(Cl)cc1)C(=O)COc1ccc(F)cc1. The van der Waals surface area contributed by atoms with Crippen molar-refractivity contribution in [3.63, 3.8) is 0 Å². The van der Waals surface area contributed by atoms with Gasteiger partial charge in [0.25, 0.3) is 5.91 Å². The van der Waals surface area contributed by atoms with Gasteiger partial charge in [-0.25, -0.2) is 4.39 Å². The normalized spacial score (nSPS) is 14.5. The number of nitrogens with one attached hydrogen (secondary N) is 1. The second-order valence-electron chi connectivity index (χ2n) is 9.44. The Labute approximate surface area is 222 Å². The molecule has 1 aliphatic rings. The van der Waals surface area contributed by atoms with E-state index in [0.717, 1.165) is 36.8 Å². The number of halogens is 2. The number of hydrogen-bond donors (Lipinski definition) is 1. The van der Waals surface area contributed by atoms with E-state index in [0.29, 0.717) is 17.2 Å². The number of amides is 2. The second kappa shape index (κ2) is 13.2. The van der Waals surface area contributed by atoms with E-state index < -0.39 is 6.04 Å². The first-order valence-corrected chi connectivity index (χ1v) is 13.1. The van der Waals surface area contributed by atoms with Crippen LogP contribution in [0.5, 0.6) is 5.75 Å². The number of nitrogens with zero attached hydrogens (tertiary/aromatic N) is 1. The van der Waals surface area contributed by atoms with Crippen molar-refractivity contribution in [2.45, 2.75) is 57.2 Å². The molecule has 3 aromatic carbocycles. The second-order valence-corrected chi connectivity index (χ2v) is 9.88. The zero-order chi connectivity index (χ0) is 26.0. The molecule has 1 fully saturated rings. The van der Waals surface area contributed by atoms with Gasteiger partial charge < -0.3 is 15.0 Å². The molecule has 0 spiro atoms. The monoisotopic (exact) mass is 522 g/mol. The summed E-state index contributed by atoms with van der Waals surface area (Å²) in [7, 11) is 0. The summed E-state index contributed by atoms with van der Waals surface area (Å²) in [6.07, 6.45) is 5.63. The van der Waals surface area contributed by atoms with Crippen molar-refractivity contribution in [2.24, 2.45) is 0 Å². The van der Waals surface area contributed by atoms with Gasteiger partial charge in [-0.2, -0.15) is 0 Å². The average molecular weight is 523 g/mol. The van der Waals surface area contributed by atoms with Crippen LogP contribution in [-0.2, 0) is 22.6 Å². The van der Waals surface area contributed by atoms with Crippen molar-refractivity contribution in [2.75, 3.05) is 6.61 Å². The van der Waals surface area contributed by atoms with Crippen LogP contribution in [0.15, 0.2) is 78.9 Å². The van der Waals surface area contributed by atoms with Gasteiger partial charge >= 0.3 is 0 Å². The summed E-state index contributed by atoms with van der Waals surface area (Å²) in [5.41, 5.74) is 1.81. The molecule has 37 heavy (non-hydrogen) atoms. The maximum atomic E-state index is 13.7. The van der Waals surface area contributed by atoms with E-state index in [2.05, 4.69) is 5.32 Å². The van der Waals surface area contributed by atoms with Crippen molar-refractivity contribution >= 4 is 23.4 Å². The molecule has 194 valence electrons. The lowest BCUT2D eigenvalue weighted by Gasteiger charge is -2.33. The third kappa shape index (κ3) is 8.05. The molecule has 0 saturated heterocycles. The van der Waals surface area contributed by atoms with Gasteiger partial charge in [-0.3, -0.25) is 9.59 Å². The van der Waals surface area contributed by atoms with E-state index in [9.17, 15) is 14.0 Å². The number of hydrogen-bond acceptors (Lipinski definition) is 3. The zero-order valence-corrected chi connectivity index (χ0v) is 21.5. The number of rotatable bonds is 10. The quantitative estimate of drug-likeness (QED) is 0.358. The molecular formula is C30H32ClFN2O3. The number of carbonyl (C=O) groups is 2. The van der Waals surface area contributed by atoms with Crippen LogP contribution < -0.4 is 10.1 Å². The minimum atomic E-state index is -0.732.